The Hall–Kier alpha value is -2.68. The van der Waals surface area contributed by atoms with Crippen LogP contribution in [0.4, 0.5) is 0 Å². The summed E-state index contributed by atoms with van der Waals surface area (Å²) >= 11 is 3.34. The minimum atomic E-state index is -2.68. The van der Waals surface area contributed by atoms with Gasteiger partial charge in [0.2, 0.25) is 11.5 Å². The molecule has 6 nitrogen and oxygen atoms in total. The highest BCUT2D eigenvalue weighted by Crippen LogP contribution is 2.40. The molecule has 0 radical (unpaired) electrons. The molecule has 1 aliphatic carbocycles. The summed E-state index contributed by atoms with van der Waals surface area (Å²) in [6, 6.07) is 22.5. The number of rotatable bonds is 7. The highest BCUT2D eigenvalue weighted by atomic mass is 79.9. The average molecular weight is 572 g/mol. The number of methoxy groups -OCH3 is 1. The summed E-state index contributed by atoms with van der Waals surface area (Å²) in [5.74, 6) is -0.848. The van der Waals surface area contributed by atoms with Crippen LogP contribution in [0.15, 0.2) is 80.4 Å². The molecule has 8 heteroatoms. The van der Waals surface area contributed by atoms with Gasteiger partial charge < -0.3 is 18.3 Å². The molecular formula is C28H31BrO6Si. The van der Waals surface area contributed by atoms with Gasteiger partial charge >= 0.3 is 11.6 Å². The van der Waals surface area contributed by atoms with Gasteiger partial charge in [-0.2, -0.15) is 0 Å². The van der Waals surface area contributed by atoms with Crippen LogP contribution in [0.1, 0.15) is 50.6 Å². The van der Waals surface area contributed by atoms with Crippen LogP contribution in [0.2, 0.25) is 5.04 Å². The minimum Gasteiger partial charge on any atom is -0.482 e. The molecule has 3 aromatic rings. The van der Waals surface area contributed by atoms with Crippen molar-refractivity contribution in [3.63, 3.8) is 0 Å². The maximum absolute atomic E-state index is 12.5. The number of benzene rings is 2. The van der Waals surface area contributed by atoms with Crippen LogP contribution in [0.3, 0.4) is 0 Å². The summed E-state index contributed by atoms with van der Waals surface area (Å²) in [5.41, 5.74) is -0.721. The summed E-state index contributed by atoms with van der Waals surface area (Å²) < 4.78 is 23.4. The molecule has 1 fully saturated rings. The van der Waals surface area contributed by atoms with Crippen LogP contribution in [0.25, 0.3) is 0 Å². The molecule has 36 heavy (non-hydrogen) atoms. The maximum atomic E-state index is 12.5. The topological polar surface area (TPSA) is 75.0 Å². The lowest BCUT2D eigenvalue weighted by Crippen LogP contribution is -2.67. The summed E-state index contributed by atoms with van der Waals surface area (Å²) in [6.07, 6.45) is 1.97. The van der Waals surface area contributed by atoms with Gasteiger partial charge in [0.05, 0.1) is 11.6 Å². The molecule has 190 valence electrons. The molecular weight excluding hydrogens is 540 g/mol. The van der Waals surface area contributed by atoms with E-state index in [0.717, 1.165) is 12.8 Å². The van der Waals surface area contributed by atoms with Crippen molar-refractivity contribution in [2.75, 3.05) is 7.11 Å². The van der Waals surface area contributed by atoms with Crippen molar-refractivity contribution in [1.82, 2.24) is 0 Å². The fourth-order valence-electron chi connectivity index (χ4n) is 4.98. The molecule has 2 atom stereocenters. The van der Waals surface area contributed by atoms with Crippen molar-refractivity contribution in [3.05, 3.63) is 87.4 Å². The standard InChI is InChI=1S/C28H31BrO6Si/c1-28(2,3)36(21-11-7-5-8-12-21,22-13-9-6-10-14-22)35-20-16-15-19(17-20)33-25-23(29)18-24(26(30)32-4)34-27(25)31/h5-14,18-20H,15-17H2,1-4H3/t19-,20+/m0/s1. The zero-order valence-electron chi connectivity index (χ0n) is 21.0. The Morgan fingerprint density at radius 3 is 2.03 bits per heavy atom. The van der Waals surface area contributed by atoms with Crippen LogP contribution in [0, 0.1) is 0 Å². The normalized spacial score (nSPS) is 18.1. The largest absolute Gasteiger partial charge is 0.482 e. The lowest BCUT2D eigenvalue weighted by Gasteiger charge is -2.44. The number of hydrogen-bond donors (Lipinski definition) is 0. The minimum absolute atomic E-state index is 0.0264. The van der Waals surface area contributed by atoms with Crippen LogP contribution >= 0.6 is 15.9 Å². The van der Waals surface area contributed by atoms with E-state index < -0.39 is 19.9 Å². The van der Waals surface area contributed by atoms with Crippen LogP contribution in [-0.2, 0) is 9.16 Å². The van der Waals surface area contributed by atoms with Gasteiger partial charge in [-0.05, 0) is 44.2 Å². The lowest BCUT2D eigenvalue weighted by atomic mass is 10.2. The highest BCUT2D eigenvalue weighted by molar-refractivity contribution is 9.10. The first-order chi connectivity index (χ1) is 17.2. The fourth-order valence-corrected chi connectivity index (χ4v) is 10.2. The Bertz CT molecular complexity index is 1210. The van der Waals surface area contributed by atoms with Crippen LogP contribution in [-0.4, -0.2) is 33.6 Å². The third kappa shape index (κ3) is 5.21. The quantitative estimate of drug-likeness (QED) is 0.292. The van der Waals surface area contributed by atoms with Crippen molar-refractivity contribution in [1.29, 1.82) is 0 Å². The predicted molar refractivity (Wildman–Crippen MR) is 145 cm³/mol. The lowest BCUT2D eigenvalue weighted by molar-refractivity contribution is 0.0557. The van der Waals surface area contributed by atoms with Crippen molar-refractivity contribution < 1.29 is 23.1 Å². The average Bonchev–Trinajstić information content (AvgIpc) is 3.31. The Labute approximate surface area is 220 Å². The molecule has 1 aromatic heterocycles. The molecule has 0 spiro atoms. The van der Waals surface area contributed by atoms with Crippen LogP contribution < -0.4 is 20.7 Å². The molecule has 1 heterocycles. The van der Waals surface area contributed by atoms with Crippen molar-refractivity contribution >= 4 is 40.6 Å². The van der Waals surface area contributed by atoms with Gasteiger partial charge in [-0.1, -0.05) is 81.4 Å². The number of carbonyl (C=O) groups is 1. The Morgan fingerprint density at radius 1 is 0.972 bits per heavy atom. The number of esters is 1. The molecule has 4 rings (SSSR count). The van der Waals surface area contributed by atoms with E-state index in [9.17, 15) is 9.59 Å². The van der Waals surface area contributed by atoms with E-state index in [1.807, 2.05) is 12.1 Å². The molecule has 0 N–H and O–H groups in total. The van der Waals surface area contributed by atoms with E-state index in [-0.39, 0.29) is 28.8 Å². The second-order valence-electron chi connectivity index (χ2n) is 10.0. The van der Waals surface area contributed by atoms with E-state index in [1.165, 1.54) is 23.5 Å². The second kappa shape index (κ2) is 10.7. The van der Waals surface area contributed by atoms with Gasteiger partial charge in [0.1, 0.15) is 6.10 Å². The van der Waals surface area contributed by atoms with E-state index in [4.69, 9.17) is 13.6 Å². The third-order valence-electron chi connectivity index (χ3n) is 6.63. The van der Waals surface area contributed by atoms with E-state index in [1.54, 1.807) is 0 Å². The molecule has 2 aromatic carbocycles. The van der Waals surface area contributed by atoms with Crippen molar-refractivity contribution in [3.8, 4) is 5.75 Å². The second-order valence-corrected chi connectivity index (χ2v) is 15.1. The zero-order valence-corrected chi connectivity index (χ0v) is 23.5. The van der Waals surface area contributed by atoms with E-state index in [0.29, 0.717) is 10.9 Å². The fraction of sp³-hybridized carbons (Fsp3) is 0.357. The first kappa shape index (κ1) is 26.4. The maximum Gasteiger partial charge on any atom is 0.380 e. The zero-order chi connectivity index (χ0) is 25.9. The van der Waals surface area contributed by atoms with E-state index >= 15 is 0 Å². The molecule has 1 aliphatic rings. The number of ether oxygens (including phenoxy) is 2. The monoisotopic (exact) mass is 570 g/mol. The molecule has 0 unspecified atom stereocenters. The predicted octanol–water partition coefficient (Wildman–Crippen LogP) is 5.07. The number of halogens is 1. The Morgan fingerprint density at radius 2 is 1.53 bits per heavy atom. The molecule has 0 saturated heterocycles. The van der Waals surface area contributed by atoms with E-state index in [2.05, 4.69) is 90.0 Å². The van der Waals surface area contributed by atoms with Gasteiger partial charge in [0, 0.05) is 18.6 Å². The van der Waals surface area contributed by atoms with Crippen LogP contribution in [0.5, 0.6) is 5.75 Å². The van der Waals surface area contributed by atoms with Gasteiger partial charge in [-0.3, -0.25) is 0 Å². The smallest absolute Gasteiger partial charge is 0.380 e. The summed E-state index contributed by atoms with van der Waals surface area (Å²) in [6.45, 7) is 6.77. The van der Waals surface area contributed by atoms with Crippen molar-refractivity contribution in [2.24, 2.45) is 0 Å². The highest BCUT2D eigenvalue weighted by Gasteiger charge is 2.52. The van der Waals surface area contributed by atoms with Gasteiger partial charge in [0.15, 0.2) is 0 Å². The van der Waals surface area contributed by atoms with Gasteiger partial charge in [0.25, 0.3) is 8.32 Å². The van der Waals surface area contributed by atoms with Gasteiger partial charge in [-0.25, -0.2) is 9.59 Å². The summed E-state index contributed by atoms with van der Waals surface area (Å²) in [7, 11) is -1.45. The Balaban J connectivity index is 1.61. The molecule has 1 saturated carbocycles. The Kier molecular flexibility index (Phi) is 7.87. The summed E-state index contributed by atoms with van der Waals surface area (Å²) in [5, 5.41) is 2.34. The first-order valence-corrected chi connectivity index (χ1v) is 14.7. The molecule has 0 amide bonds. The molecule has 0 aliphatic heterocycles. The number of hydrogen-bond acceptors (Lipinski definition) is 6. The van der Waals surface area contributed by atoms with Gasteiger partial charge in [-0.15, -0.1) is 0 Å². The van der Waals surface area contributed by atoms with Crippen molar-refractivity contribution in [2.45, 2.75) is 57.3 Å². The first-order valence-electron chi connectivity index (χ1n) is 12.0. The number of carbonyl (C=O) groups excluding carboxylic acids is 1. The summed E-state index contributed by atoms with van der Waals surface area (Å²) in [4.78, 5) is 24.3. The third-order valence-corrected chi connectivity index (χ3v) is 12.3. The SMILES string of the molecule is COC(=O)c1cc(Br)c(O[C@H]2CC[C@@H](O[Si](c3ccccc3)(c3ccccc3)C(C)(C)C)C2)c(=O)o1. The molecule has 0 bridgehead atoms.